The lowest BCUT2D eigenvalue weighted by atomic mass is 10.2. The van der Waals surface area contributed by atoms with Gasteiger partial charge in [-0.1, -0.05) is 42.5 Å². The number of rotatable bonds is 5. The Balaban J connectivity index is 1.86. The zero-order valence-electron chi connectivity index (χ0n) is 9.80. The van der Waals surface area contributed by atoms with Crippen molar-refractivity contribution < 1.29 is 0 Å². The van der Waals surface area contributed by atoms with E-state index in [0.717, 1.165) is 12.2 Å². The molecule has 0 spiro atoms. The first kappa shape index (κ1) is 12.2. The van der Waals surface area contributed by atoms with E-state index in [2.05, 4.69) is 54.6 Å². The SMILES string of the molecule is NCc1cccc(SCCc2ccccc2)c1. The van der Waals surface area contributed by atoms with E-state index < -0.39 is 0 Å². The zero-order valence-corrected chi connectivity index (χ0v) is 10.6. The maximum atomic E-state index is 5.63. The van der Waals surface area contributed by atoms with Crippen LogP contribution in [0.3, 0.4) is 0 Å². The van der Waals surface area contributed by atoms with Crippen molar-refractivity contribution in [3.8, 4) is 0 Å². The minimum Gasteiger partial charge on any atom is -0.326 e. The minimum atomic E-state index is 0.618. The molecular formula is C15H17NS. The van der Waals surface area contributed by atoms with Gasteiger partial charge in [-0.25, -0.2) is 0 Å². The lowest BCUT2D eigenvalue weighted by molar-refractivity contribution is 1.06. The van der Waals surface area contributed by atoms with E-state index in [1.807, 2.05) is 11.8 Å². The quantitative estimate of drug-likeness (QED) is 0.814. The van der Waals surface area contributed by atoms with Crippen molar-refractivity contribution >= 4 is 11.8 Å². The molecule has 1 nitrogen and oxygen atoms in total. The van der Waals surface area contributed by atoms with Gasteiger partial charge in [0.1, 0.15) is 0 Å². The molecule has 0 aromatic heterocycles. The van der Waals surface area contributed by atoms with Crippen LogP contribution >= 0.6 is 11.8 Å². The molecule has 0 radical (unpaired) electrons. The number of hydrogen-bond donors (Lipinski definition) is 1. The summed E-state index contributed by atoms with van der Waals surface area (Å²) in [6.45, 7) is 0.618. The van der Waals surface area contributed by atoms with Crippen LogP contribution in [-0.2, 0) is 13.0 Å². The second-order valence-corrected chi connectivity index (χ2v) is 5.10. The third-order valence-electron chi connectivity index (χ3n) is 2.64. The molecule has 2 aromatic carbocycles. The molecule has 0 atom stereocenters. The number of benzene rings is 2. The van der Waals surface area contributed by atoms with E-state index in [1.54, 1.807) is 0 Å². The molecule has 0 unspecified atom stereocenters. The largest absolute Gasteiger partial charge is 0.326 e. The Labute approximate surface area is 107 Å². The fourth-order valence-electron chi connectivity index (χ4n) is 1.69. The Bertz CT molecular complexity index is 453. The molecule has 0 saturated heterocycles. The van der Waals surface area contributed by atoms with Crippen LogP contribution in [0.2, 0.25) is 0 Å². The average molecular weight is 243 g/mol. The monoisotopic (exact) mass is 243 g/mol. The highest BCUT2D eigenvalue weighted by atomic mass is 32.2. The fraction of sp³-hybridized carbons (Fsp3) is 0.200. The van der Waals surface area contributed by atoms with E-state index in [1.165, 1.54) is 16.0 Å². The lowest BCUT2D eigenvalue weighted by Crippen LogP contribution is -1.95. The van der Waals surface area contributed by atoms with Crippen molar-refractivity contribution in [1.29, 1.82) is 0 Å². The highest BCUT2D eigenvalue weighted by Crippen LogP contribution is 2.20. The summed E-state index contributed by atoms with van der Waals surface area (Å²) in [5, 5.41) is 0. The molecule has 0 heterocycles. The summed E-state index contributed by atoms with van der Waals surface area (Å²) in [7, 11) is 0. The molecule has 17 heavy (non-hydrogen) atoms. The fourth-order valence-corrected chi connectivity index (χ4v) is 2.68. The van der Waals surface area contributed by atoms with Crippen LogP contribution in [0.5, 0.6) is 0 Å². The smallest absolute Gasteiger partial charge is 0.0178 e. The van der Waals surface area contributed by atoms with Crippen LogP contribution in [0.1, 0.15) is 11.1 Å². The van der Waals surface area contributed by atoms with Crippen LogP contribution in [-0.4, -0.2) is 5.75 Å². The van der Waals surface area contributed by atoms with E-state index >= 15 is 0 Å². The van der Waals surface area contributed by atoms with Crippen LogP contribution in [0.4, 0.5) is 0 Å². The first-order valence-electron chi connectivity index (χ1n) is 5.84. The number of nitrogens with two attached hydrogens (primary N) is 1. The second kappa shape index (κ2) is 6.48. The topological polar surface area (TPSA) is 26.0 Å². The summed E-state index contributed by atoms with van der Waals surface area (Å²) in [4.78, 5) is 1.31. The van der Waals surface area contributed by atoms with Crippen molar-refractivity contribution in [1.82, 2.24) is 0 Å². The third-order valence-corrected chi connectivity index (χ3v) is 3.63. The van der Waals surface area contributed by atoms with Crippen molar-refractivity contribution in [3.05, 3.63) is 65.7 Å². The van der Waals surface area contributed by atoms with Gasteiger partial charge in [-0.15, -0.1) is 11.8 Å². The average Bonchev–Trinajstić information content (AvgIpc) is 2.40. The van der Waals surface area contributed by atoms with Gasteiger partial charge in [-0.2, -0.15) is 0 Å². The van der Waals surface area contributed by atoms with Crippen molar-refractivity contribution in [2.45, 2.75) is 17.9 Å². The van der Waals surface area contributed by atoms with Crippen LogP contribution < -0.4 is 5.73 Å². The van der Waals surface area contributed by atoms with E-state index in [4.69, 9.17) is 5.73 Å². The number of thioether (sulfide) groups is 1. The molecule has 0 amide bonds. The van der Waals surface area contributed by atoms with Gasteiger partial charge in [0.25, 0.3) is 0 Å². The number of aryl methyl sites for hydroxylation is 1. The first-order valence-corrected chi connectivity index (χ1v) is 6.83. The molecule has 2 heteroatoms. The Kier molecular flexibility index (Phi) is 4.65. The molecule has 0 aliphatic rings. The van der Waals surface area contributed by atoms with Gasteiger partial charge in [0.15, 0.2) is 0 Å². The van der Waals surface area contributed by atoms with Gasteiger partial charge in [-0.05, 0) is 29.7 Å². The maximum Gasteiger partial charge on any atom is 0.0178 e. The van der Waals surface area contributed by atoms with Gasteiger partial charge in [0.2, 0.25) is 0 Å². The first-order chi connectivity index (χ1) is 8.38. The van der Waals surface area contributed by atoms with Crippen molar-refractivity contribution in [2.75, 3.05) is 5.75 Å². The molecule has 0 saturated carbocycles. The van der Waals surface area contributed by atoms with Gasteiger partial charge < -0.3 is 5.73 Å². The highest BCUT2D eigenvalue weighted by Gasteiger charge is 1.97. The van der Waals surface area contributed by atoms with Crippen LogP contribution in [0.25, 0.3) is 0 Å². The third kappa shape index (κ3) is 3.91. The molecule has 2 aromatic rings. The van der Waals surface area contributed by atoms with Crippen molar-refractivity contribution in [2.24, 2.45) is 5.73 Å². The molecule has 0 aliphatic carbocycles. The molecule has 0 fully saturated rings. The van der Waals surface area contributed by atoms with Gasteiger partial charge in [0.05, 0.1) is 0 Å². The number of hydrogen-bond acceptors (Lipinski definition) is 2. The lowest BCUT2D eigenvalue weighted by Gasteiger charge is -2.04. The van der Waals surface area contributed by atoms with Gasteiger partial charge >= 0.3 is 0 Å². The summed E-state index contributed by atoms with van der Waals surface area (Å²) in [6.07, 6.45) is 1.11. The molecule has 0 aliphatic heterocycles. The van der Waals surface area contributed by atoms with Gasteiger partial charge in [0, 0.05) is 17.2 Å². The van der Waals surface area contributed by atoms with E-state index in [0.29, 0.717) is 6.54 Å². The standard InChI is InChI=1S/C15H17NS/c16-12-14-7-4-8-15(11-14)17-10-9-13-5-2-1-3-6-13/h1-8,11H,9-10,12,16H2. The molecular weight excluding hydrogens is 226 g/mol. The predicted molar refractivity (Wildman–Crippen MR) is 75.2 cm³/mol. The Hall–Kier alpha value is -1.25. The Morgan fingerprint density at radius 2 is 1.65 bits per heavy atom. The minimum absolute atomic E-state index is 0.618. The highest BCUT2D eigenvalue weighted by molar-refractivity contribution is 7.99. The molecule has 2 rings (SSSR count). The summed E-state index contributed by atoms with van der Waals surface area (Å²) < 4.78 is 0. The predicted octanol–water partition coefficient (Wildman–Crippen LogP) is 3.48. The Morgan fingerprint density at radius 1 is 0.882 bits per heavy atom. The molecule has 88 valence electrons. The van der Waals surface area contributed by atoms with Gasteiger partial charge in [-0.3, -0.25) is 0 Å². The molecule has 2 N–H and O–H groups in total. The normalized spacial score (nSPS) is 10.4. The summed E-state index contributed by atoms with van der Waals surface area (Å²) in [6, 6.07) is 19.1. The zero-order chi connectivity index (χ0) is 11.9. The summed E-state index contributed by atoms with van der Waals surface area (Å²) in [5.74, 6) is 1.11. The van der Waals surface area contributed by atoms with E-state index in [9.17, 15) is 0 Å². The Morgan fingerprint density at radius 3 is 2.41 bits per heavy atom. The molecule has 0 bridgehead atoms. The van der Waals surface area contributed by atoms with Crippen molar-refractivity contribution in [3.63, 3.8) is 0 Å². The van der Waals surface area contributed by atoms with E-state index in [-0.39, 0.29) is 0 Å². The maximum absolute atomic E-state index is 5.63. The second-order valence-electron chi connectivity index (χ2n) is 3.94. The summed E-state index contributed by atoms with van der Waals surface area (Å²) >= 11 is 1.89. The van der Waals surface area contributed by atoms with Crippen LogP contribution in [0.15, 0.2) is 59.5 Å². The van der Waals surface area contributed by atoms with Crippen LogP contribution in [0, 0.1) is 0 Å². The summed E-state index contributed by atoms with van der Waals surface area (Å²) in [5.41, 5.74) is 8.23.